The number of amides is 1. The molecule has 2 atom stereocenters. The van der Waals surface area contributed by atoms with Gasteiger partial charge < -0.3 is 11.1 Å². The minimum Gasteiger partial charge on any atom is -0.393 e. The van der Waals surface area contributed by atoms with Crippen molar-refractivity contribution in [2.45, 2.75) is 32.7 Å². The van der Waals surface area contributed by atoms with Gasteiger partial charge in [-0.25, -0.2) is 0 Å². The number of rotatable bonds is 6. The highest BCUT2D eigenvalue weighted by Crippen LogP contribution is 2.13. The van der Waals surface area contributed by atoms with Crippen LogP contribution in [0, 0.1) is 5.92 Å². The number of aromatic amines is 1. The van der Waals surface area contributed by atoms with Gasteiger partial charge in [-0.1, -0.05) is 25.6 Å². The van der Waals surface area contributed by atoms with Crippen LogP contribution in [0.2, 0.25) is 0 Å². The van der Waals surface area contributed by atoms with Crippen LogP contribution in [0.15, 0.2) is 12.4 Å². The van der Waals surface area contributed by atoms with E-state index in [-0.39, 0.29) is 22.9 Å². The molecule has 5 nitrogen and oxygen atoms in total. The molecule has 1 amide bonds. The van der Waals surface area contributed by atoms with E-state index in [0.29, 0.717) is 6.42 Å². The predicted molar refractivity (Wildman–Crippen MR) is 70.3 cm³/mol. The Kier molecular flexibility index (Phi) is 5.09. The van der Waals surface area contributed by atoms with E-state index < -0.39 is 0 Å². The fourth-order valence-corrected chi connectivity index (χ4v) is 1.81. The average molecular weight is 254 g/mol. The van der Waals surface area contributed by atoms with Crippen LogP contribution in [-0.4, -0.2) is 21.1 Å². The smallest absolute Gasteiger partial charge is 0.230 e. The van der Waals surface area contributed by atoms with Gasteiger partial charge in [-0.3, -0.25) is 9.89 Å². The van der Waals surface area contributed by atoms with Gasteiger partial charge in [0.25, 0.3) is 0 Å². The molecule has 0 aliphatic carbocycles. The van der Waals surface area contributed by atoms with E-state index in [9.17, 15) is 4.79 Å². The highest BCUT2D eigenvalue weighted by Gasteiger charge is 2.22. The molecule has 0 bridgehead atoms. The number of nitrogens with one attached hydrogen (secondary N) is 2. The van der Waals surface area contributed by atoms with E-state index in [4.69, 9.17) is 18.0 Å². The first kappa shape index (κ1) is 13.6. The summed E-state index contributed by atoms with van der Waals surface area (Å²) < 4.78 is 0. The van der Waals surface area contributed by atoms with Crippen molar-refractivity contribution in [1.82, 2.24) is 15.5 Å². The Balaban J connectivity index is 2.60. The largest absolute Gasteiger partial charge is 0.393 e. The number of aromatic nitrogens is 2. The maximum atomic E-state index is 12.0. The van der Waals surface area contributed by atoms with Gasteiger partial charge in [-0.2, -0.15) is 5.10 Å². The summed E-state index contributed by atoms with van der Waals surface area (Å²) in [6, 6.07) is -0.102. The summed E-state index contributed by atoms with van der Waals surface area (Å²) in [5, 5.41) is 9.43. The lowest BCUT2D eigenvalue weighted by Gasteiger charge is -2.18. The van der Waals surface area contributed by atoms with Crippen molar-refractivity contribution in [2.75, 3.05) is 0 Å². The van der Waals surface area contributed by atoms with Crippen molar-refractivity contribution in [3.8, 4) is 0 Å². The maximum absolute atomic E-state index is 12.0. The molecule has 0 fully saturated rings. The number of hydrogen-bond acceptors (Lipinski definition) is 3. The molecule has 17 heavy (non-hydrogen) atoms. The van der Waals surface area contributed by atoms with Crippen molar-refractivity contribution < 1.29 is 4.79 Å². The van der Waals surface area contributed by atoms with Crippen LogP contribution in [0.3, 0.4) is 0 Å². The minimum atomic E-state index is -0.385. The van der Waals surface area contributed by atoms with E-state index >= 15 is 0 Å². The molecule has 0 aliphatic heterocycles. The molecular weight excluding hydrogens is 236 g/mol. The number of thiocarbonyl (C=S) groups is 1. The zero-order valence-electron chi connectivity index (χ0n) is 10.1. The molecule has 0 saturated heterocycles. The zero-order valence-corrected chi connectivity index (χ0v) is 10.9. The fourth-order valence-electron chi connectivity index (χ4n) is 1.59. The summed E-state index contributed by atoms with van der Waals surface area (Å²) in [5.41, 5.74) is 6.50. The lowest BCUT2D eigenvalue weighted by molar-refractivity contribution is -0.123. The van der Waals surface area contributed by atoms with Gasteiger partial charge >= 0.3 is 0 Å². The maximum Gasteiger partial charge on any atom is 0.230 e. The summed E-state index contributed by atoms with van der Waals surface area (Å²) in [4.78, 5) is 12.2. The van der Waals surface area contributed by atoms with E-state index in [1.165, 1.54) is 0 Å². The van der Waals surface area contributed by atoms with Crippen LogP contribution in [0.25, 0.3) is 0 Å². The van der Waals surface area contributed by atoms with E-state index in [2.05, 4.69) is 15.5 Å². The highest BCUT2D eigenvalue weighted by molar-refractivity contribution is 7.80. The number of carbonyl (C=O) groups is 1. The van der Waals surface area contributed by atoms with Crippen molar-refractivity contribution in [2.24, 2.45) is 11.7 Å². The van der Waals surface area contributed by atoms with Crippen molar-refractivity contribution in [3.05, 3.63) is 18.0 Å². The van der Waals surface area contributed by atoms with Crippen LogP contribution >= 0.6 is 12.2 Å². The Bertz CT molecular complexity index is 377. The third-order valence-electron chi connectivity index (χ3n) is 2.62. The third kappa shape index (κ3) is 3.81. The molecular formula is C11H18N4OS. The molecule has 6 heteroatoms. The van der Waals surface area contributed by atoms with E-state index in [0.717, 1.165) is 12.0 Å². The molecule has 1 rings (SSSR count). The Morgan fingerprint density at radius 1 is 1.71 bits per heavy atom. The van der Waals surface area contributed by atoms with Gasteiger partial charge in [0, 0.05) is 11.8 Å². The second-order valence-corrected chi connectivity index (χ2v) is 4.48. The van der Waals surface area contributed by atoms with Crippen molar-refractivity contribution >= 4 is 23.1 Å². The zero-order chi connectivity index (χ0) is 12.8. The number of hydrogen-bond donors (Lipinski definition) is 3. The highest BCUT2D eigenvalue weighted by atomic mass is 32.1. The first-order valence-electron chi connectivity index (χ1n) is 5.64. The lowest BCUT2D eigenvalue weighted by atomic mass is 10.0. The Morgan fingerprint density at radius 3 is 2.88 bits per heavy atom. The molecule has 4 N–H and O–H groups in total. The summed E-state index contributed by atoms with van der Waals surface area (Å²) >= 11 is 4.91. The molecule has 1 aromatic heterocycles. The molecule has 94 valence electrons. The van der Waals surface area contributed by atoms with E-state index in [1.807, 2.05) is 13.8 Å². The lowest BCUT2D eigenvalue weighted by Crippen LogP contribution is -2.38. The van der Waals surface area contributed by atoms with E-state index in [1.54, 1.807) is 12.4 Å². The molecule has 0 aromatic carbocycles. The summed E-state index contributed by atoms with van der Waals surface area (Å²) in [5.74, 6) is -0.502. The quantitative estimate of drug-likeness (QED) is 0.668. The van der Waals surface area contributed by atoms with Crippen LogP contribution in [-0.2, 0) is 4.79 Å². The second kappa shape index (κ2) is 6.34. The Morgan fingerprint density at radius 2 is 2.41 bits per heavy atom. The van der Waals surface area contributed by atoms with Crippen LogP contribution in [0.4, 0.5) is 0 Å². The third-order valence-corrected chi connectivity index (χ3v) is 2.90. The average Bonchev–Trinajstić information content (AvgIpc) is 2.78. The van der Waals surface area contributed by atoms with Gasteiger partial charge in [-0.15, -0.1) is 0 Å². The van der Waals surface area contributed by atoms with Gasteiger partial charge in [0.2, 0.25) is 5.91 Å². The monoisotopic (exact) mass is 254 g/mol. The van der Waals surface area contributed by atoms with Crippen LogP contribution < -0.4 is 11.1 Å². The summed E-state index contributed by atoms with van der Waals surface area (Å²) in [7, 11) is 0. The number of nitrogens with two attached hydrogens (primary N) is 1. The normalized spacial score (nSPS) is 14.0. The predicted octanol–water partition coefficient (Wildman–Crippen LogP) is 1.29. The summed E-state index contributed by atoms with van der Waals surface area (Å²) in [6.45, 7) is 3.89. The molecule has 0 radical (unpaired) electrons. The number of nitrogens with zero attached hydrogens (tertiary/aromatic N) is 1. The summed E-state index contributed by atoms with van der Waals surface area (Å²) in [6.07, 6.45) is 4.98. The Labute approximate surface area is 106 Å². The topological polar surface area (TPSA) is 83.8 Å². The van der Waals surface area contributed by atoms with Gasteiger partial charge in [-0.05, 0) is 13.3 Å². The molecule has 1 aromatic rings. The van der Waals surface area contributed by atoms with Gasteiger partial charge in [0.1, 0.15) is 0 Å². The molecule has 0 spiro atoms. The minimum absolute atomic E-state index is 0.102. The number of carbonyl (C=O) groups excluding carboxylic acids is 1. The number of H-pyrrole nitrogens is 1. The Hall–Kier alpha value is -1.43. The molecule has 0 aliphatic rings. The molecule has 2 unspecified atom stereocenters. The molecule has 0 saturated carbocycles. The van der Waals surface area contributed by atoms with Gasteiger partial charge in [0.15, 0.2) is 0 Å². The van der Waals surface area contributed by atoms with Crippen molar-refractivity contribution in [3.63, 3.8) is 0 Å². The second-order valence-electron chi connectivity index (χ2n) is 4.01. The fraction of sp³-hybridized carbons (Fsp3) is 0.545. The SMILES string of the molecule is CCCC(C(=O)NC(C)c1cn[nH]c1)C(N)=S. The van der Waals surface area contributed by atoms with Crippen molar-refractivity contribution in [1.29, 1.82) is 0 Å². The first-order chi connectivity index (χ1) is 8.06. The van der Waals surface area contributed by atoms with Crippen LogP contribution in [0.5, 0.6) is 0 Å². The molecule has 1 heterocycles. The van der Waals surface area contributed by atoms with Crippen LogP contribution in [0.1, 0.15) is 38.3 Å². The standard InChI is InChI=1S/C11H18N4OS/c1-3-4-9(10(12)17)11(16)15-7(2)8-5-13-14-6-8/h5-7,9H,3-4H2,1-2H3,(H2,12,17)(H,13,14)(H,15,16). The first-order valence-corrected chi connectivity index (χ1v) is 6.05. The van der Waals surface area contributed by atoms with Gasteiger partial charge in [0.05, 0.1) is 23.1 Å².